The van der Waals surface area contributed by atoms with Crippen molar-refractivity contribution in [3.05, 3.63) is 0 Å². The smallest absolute Gasteiger partial charge is 0.306 e. The average molecular weight is 1210 g/mol. The molecule has 0 heterocycles. The fourth-order valence-corrected chi connectivity index (χ4v) is 10.9. The van der Waals surface area contributed by atoms with Crippen LogP contribution in [0, 0.1) is 0 Å². The zero-order chi connectivity index (χ0) is 62.3. The number of carbonyl (C=O) groups excluding carboxylic acids is 4. The minimum Gasteiger partial charge on any atom is -0.463 e. The van der Waals surface area contributed by atoms with Gasteiger partial charge in [0, 0.05) is 52.2 Å². The van der Waals surface area contributed by atoms with Crippen LogP contribution in [0.3, 0.4) is 0 Å². The maximum absolute atomic E-state index is 14.4. The normalized spacial score (nSPS) is 12.1. The molecule has 13 nitrogen and oxygen atoms in total. The fourth-order valence-electron chi connectivity index (χ4n) is 10.9. The summed E-state index contributed by atoms with van der Waals surface area (Å²) in [5.41, 5.74) is 0. The molecular formula is C72H140N2O11. The van der Waals surface area contributed by atoms with Crippen LogP contribution in [-0.4, -0.2) is 125 Å². The van der Waals surface area contributed by atoms with Crippen LogP contribution in [0.4, 0.5) is 0 Å². The standard InChI is InChI=1S/C72H140N2O11/c1-9-15-20-25-29-33-37-42-59-79-71(80-60-43-38-34-30-26-21-16-10-2)53-46-51-68(76)83-63-65(74(58-48-57-73(7)8)67(75)55-56-70(78)85-66(49-14-6)50-41-24-19-13-5)64-84-69(77)52-47-54-72(81-61-44-39-35-31-27-22-17-11-3)82-62-45-40-36-32-28-23-18-12-4/h65-66,71-72H,9-64H2,1-8H3. The molecule has 1 amide bonds. The lowest BCUT2D eigenvalue weighted by molar-refractivity contribution is -0.157. The van der Waals surface area contributed by atoms with Gasteiger partial charge in [0.25, 0.3) is 0 Å². The molecule has 0 spiro atoms. The maximum atomic E-state index is 14.4. The average Bonchev–Trinajstić information content (AvgIpc) is 3.64. The highest BCUT2D eigenvalue weighted by Crippen LogP contribution is 2.20. The van der Waals surface area contributed by atoms with Gasteiger partial charge in [-0.2, -0.15) is 0 Å². The minimum atomic E-state index is -0.750. The van der Waals surface area contributed by atoms with E-state index in [0.717, 1.165) is 96.3 Å². The highest BCUT2D eigenvalue weighted by molar-refractivity contribution is 5.82. The first-order valence-corrected chi connectivity index (χ1v) is 36.5. The van der Waals surface area contributed by atoms with Crippen molar-refractivity contribution in [3.63, 3.8) is 0 Å². The number of ether oxygens (including phenoxy) is 7. The van der Waals surface area contributed by atoms with E-state index in [1.165, 1.54) is 154 Å². The largest absolute Gasteiger partial charge is 0.463 e. The van der Waals surface area contributed by atoms with Gasteiger partial charge in [-0.25, -0.2) is 0 Å². The van der Waals surface area contributed by atoms with E-state index >= 15 is 0 Å². The summed E-state index contributed by atoms with van der Waals surface area (Å²) in [5, 5.41) is 0. The van der Waals surface area contributed by atoms with Crippen molar-refractivity contribution in [3.8, 4) is 0 Å². The number of hydrogen-bond acceptors (Lipinski definition) is 12. The molecule has 0 aliphatic heterocycles. The Labute approximate surface area is 525 Å². The molecule has 0 aromatic rings. The fraction of sp³-hybridized carbons (Fsp3) is 0.944. The van der Waals surface area contributed by atoms with Gasteiger partial charge in [0.1, 0.15) is 19.3 Å². The van der Waals surface area contributed by atoms with Crippen LogP contribution in [0.25, 0.3) is 0 Å². The van der Waals surface area contributed by atoms with E-state index in [2.05, 4.69) is 46.4 Å². The molecule has 0 bridgehead atoms. The Kier molecular flexibility index (Phi) is 62.9. The predicted octanol–water partition coefficient (Wildman–Crippen LogP) is 19.3. The molecule has 0 aliphatic carbocycles. The highest BCUT2D eigenvalue weighted by Gasteiger charge is 2.28. The summed E-state index contributed by atoms with van der Waals surface area (Å²) in [6.45, 7) is 16.6. The zero-order valence-electron chi connectivity index (χ0n) is 57.3. The molecule has 0 aromatic heterocycles. The third kappa shape index (κ3) is 56.6. The van der Waals surface area contributed by atoms with Crippen LogP contribution in [-0.2, 0) is 52.3 Å². The van der Waals surface area contributed by atoms with E-state index in [0.29, 0.717) is 71.6 Å². The van der Waals surface area contributed by atoms with E-state index in [4.69, 9.17) is 33.2 Å². The van der Waals surface area contributed by atoms with Gasteiger partial charge in [-0.05, 0) is 97.7 Å². The van der Waals surface area contributed by atoms with Gasteiger partial charge >= 0.3 is 17.9 Å². The number of carbonyl (C=O) groups is 4. The molecule has 85 heavy (non-hydrogen) atoms. The second kappa shape index (κ2) is 64.7. The second-order valence-electron chi connectivity index (χ2n) is 25.0. The number of amides is 1. The lowest BCUT2D eigenvalue weighted by Crippen LogP contribution is -2.47. The quantitative estimate of drug-likeness (QED) is 0.0248. The van der Waals surface area contributed by atoms with Crippen LogP contribution < -0.4 is 0 Å². The Morgan fingerprint density at radius 1 is 0.318 bits per heavy atom. The van der Waals surface area contributed by atoms with Crippen molar-refractivity contribution in [2.75, 3.05) is 66.8 Å². The van der Waals surface area contributed by atoms with Gasteiger partial charge in [-0.3, -0.25) is 19.2 Å². The van der Waals surface area contributed by atoms with Crippen LogP contribution >= 0.6 is 0 Å². The SMILES string of the molecule is CCCCCCCCCCOC(CCCC(=O)OCC(COC(=O)CCCC(OCCCCCCCCCC)OCCCCCCCCCC)N(CCCN(C)C)C(=O)CCC(=O)OC(CCC)CCCCCC)OCCCCCCCCCC. The molecule has 0 aromatic carbocycles. The third-order valence-electron chi connectivity index (χ3n) is 16.3. The maximum Gasteiger partial charge on any atom is 0.306 e. The molecule has 0 N–H and O–H groups in total. The number of esters is 3. The summed E-state index contributed by atoms with van der Waals surface area (Å²) in [6.07, 6.45) is 48.2. The van der Waals surface area contributed by atoms with Gasteiger partial charge in [-0.15, -0.1) is 0 Å². The van der Waals surface area contributed by atoms with Gasteiger partial charge in [0.05, 0.1) is 12.5 Å². The van der Waals surface area contributed by atoms with E-state index in [9.17, 15) is 19.2 Å². The predicted molar refractivity (Wildman–Crippen MR) is 353 cm³/mol. The van der Waals surface area contributed by atoms with Crippen LogP contribution in [0.2, 0.25) is 0 Å². The monoisotopic (exact) mass is 1210 g/mol. The zero-order valence-corrected chi connectivity index (χ0v) is 57.3. The first-order valence-electron chi connectivity index (χ1n) is 36.5. The Morgan fingerprint density at radius 2 is 0.659 bits per heavy atom. The van der Waals surface area contributed by atoms with Crippen molar-refractivity contribution >= 4 is 23.8 Å². The molecule has 504 valence electrons. The lowest BCUT2D eigenvalue weighted by Gasteiger charge is -2.32. The summed E-state index contributed by atoms with van der Waals surface area (Å²) < 4.78 is 43.2. The first-order chi connectivity index (χ1) is 41.5. The highest BCUT2D eigenvalue weighted by atomic mass is 16.7. The number of unbranched alkanes of at least 4 members (excludes halogenated alkanes) is 31. The van der Waals surface area contributed by atoms with Gasteiger partial charge in [0.2, 0.25) is 5.91 Å². The van der Waals surface area contributed by atoms with E-state index in [-0.39, 0.29) is 69.5 Å². The van der Waals surface area contributed by atoms with Crippen molar-refractivity contribution in [1.29, 1.82) is 0 Å². The van der Waals surface area contributed by atoms with Gasteiger partial charge in [0.15, 0.2) is 12.6 Å². The van der Waals surface area contributed by atoms with Gasteiger partial charge < -0.3 is 43.0 Å². The molecule has 0 aliphatic rings. The van der Waals surface area contributed by atoms with E-state index in [1.54, 1.807) is 4.90 Å². The van der Waals surface area contributed by atoms with Crippen molar-refractivity contribution in [2.24, 2.45) is 0 Å². The number of nitrogens with zero attached hydrogens (tertiary/aromatic N) is 2. The molecule has 0 saturated carbocycles. The van der Waals surface area contributed by atoms with Crippen LogP contribution in [0.1, 0.15) is 350 Å². The molecule has 1 unspecified atom stereocenters. The van der Waals surface area contributed by atoms with Gasteiger partial charge in [-0.1, -0.05) is 247 Å². The third-order valence-corrected chi connectivity index (χ3v) is 16.3. The number of hydrogen-bond donors (Lipinski definition) is 0. The summed E-state index contributed by atoms with van der Waals surface area (Å²) in [5.74, 6) is -1.43. The first kappa shape index (κ1) is 82.7. The molecule has 13 heteroatoms. The number of rotatable bonds is 68. The molecule has 0 fully saturated rings. The van der Waals surface area contributed by atoms with Crippen molar-refractivity contribution in [1.82, 2.24) is 9.80 Å². The Balaban J connectivity index is 6.09. The lowest BCUT2D eigenvalue weighted by atomic mass is 10.1. The van der Waals surface area contributed by atoms with Crippen molar-refractivity contribution < 1.29 is 52.3 Å². The Bertz CT molecular complexity index is 1340. The summed E-state index contributed by atoms with van der Waals surface area (Å²) in [7, 11) is 3.97. The summed E-state index contributed by atoms with van der Waals surface area (Å²) in [4.78, 5) is 58.7. The molecule has 0 saturated heterocycles. The molecule has 0 radical (unpaired) electrons. The Morgan fingerprint density at radius 3 is 1.00 bits per heavy atom. The van der Waals surface area contributed by atoms with E-state index in [1.807, 2.05) is 14.1 Å². The molecule has 0 rings (SSSR count). The molecule has 1 atom stereocenters. The Hall–Kier alpha value is -2.32. The molecular weight excluding hydrogens is 1070 g/mol. The minimum absolute atomic E-state index is 0.0582. The summed E-state index contributed by atoms with van der Waals surface area (Å²) >= 11 is 0. The van der Waals surface area contributed by atoms with E-state index < -0.39 is 18.0 Å². The topological polar surface area (TPSA) is 139 Å². The second-order valence-corrected chi connectivity index (χ2v) is 25.0. The van der Waals surface area contributed by atoms with Crippen LogP contribution in [0.15, 0.2) is 0 Å². The van der Waals surface area contributed by atoms with Crippen LogP contribution in [0.5, 0.6) is 0 Å². The summed E-state index contributed by atoms with van der Waals surface area (Å²) in [6, 6.07) is -0.750. The van der Waals surface area contributed by atoms with Crippen molar-refractivity contribution in [2.45, 2.75) is 374 Å².